The van der Waals surface area contributed by atoms with Gasteiger partial charge in [-0.25, -0.2) is 0 Å². The highest BCUT2D eigenvalue weighted by atomic mass is 16.6. The average Bonchev–Trinajstić information content (AvgIpc) is 2.39. The Bertz CT molecular complexity index is 477. The minimum Gasteiger partial charge on any atom is -0.494 e. The standard InChI is InChI=1S/C12H14N2O4/c1-18-12-8-9(14(16)17)2-3-11(12)13-6-4-10(15)5-7-13/h2-3,8H,4-7H2,1H3. The molecule has 1 aliphatic heterocycles. The molecule has 0 bridgehead atoms. The Morgan fingerprint density at radius 2 is 2.00 bits per heavy atom. The van der Waals surface area contributed by atoms with Crippen LogP contribution >= 0.6 is 0 Å². The van der Waals surface area contributed by atoms with Gasteiger partial charge in [-0.15, -0.1) is 0 Å². The summed E-state index contributed by atoms with van der Waals surface area (Å²) in [5.74, 6) is 0.727. The molecule has 0 amide bonds. The van der Waals surface area contributed by atoms with E-state index in [0.717, 1.165) is 5.69 Å². The van der Waals surface area contributed by atoms with E-state index in [0.29, 0.717) is 31.7 Å². The molecule has 18 heavy (non-hydrogen) atoms. The van der Waals surface area contributed by atoms with E-state index in [1.54, 1.807) is 6.07 Å². The molecule has 2 rings (SSSR count). The summed E-state index contributed by atoms with van der Waals surface area (Å²) in [4.78, 5) is 23.4. The quantitative estimate of drug-likeness (QED) is 0.604. The molecule has 0 unspecified atom stereocenters. The van der Waals surface area contributed by atoms with Gasteiger partial charge in [-0.1, -0.05) is 0 Å². The number of hydrogen-bond acceptors (Lipinski definition) is 5. The van der Waals surface area contributed by atoms with Crippen LogP contribution in [0.3, 0.4) is 0 Å². The Morgan fingerprint density at radius 1 is 1.33 bits per heavy atom. The third kappa shape index (κ3) is 2.42. The van der Waals surface area contributed by atoms with Crippen LogP contribution in [-0.2, 0) is 4.79 Å². The molecule has 1 aromatic carbocycles. The van der Waals surface area contributed by atoms with Crippen molar-refractivity contribution in [1.82, 2.24) is 0 Å². The Kier molecular flexibility index (Phi) is 3.45. The third-order valence-corrected chi connectivity index (χ3v) is 3.04. The van der Waals surface area contributed by atoms with Crippen molar-refractivity contribution >= 4 is 17.2 Å². The van der Waals surface area contributed by atoms with Crippen LogP contribution in [0.1, 0.15) is 12.8 Å². The molecule has 1 aromatic rings. The molecule has 6 heteroatoms. The summed E-state index contributed by atoms with van der Waals surface area (Å²) in [6, 6.07) is 4.53. The van der Waals surface area contributed by atoms with Crippen LogP contribution in [0.5, 0.6) is 5.75 Å². The van der Waals surface area contributed by atoms with Crippen molar-refractivity contribution in [3.63, 3.8) is 0 Å². The summed E-state index contributed by atoms with van der Waals surface area (Å²) < 4.78 is 5.19. The topological polar surface area (TPSA) is 72.7 Å². The molecule has 0 aliphatic carbocycles. The van der Waals surface area contributed by atoms with E-state index in [4.69, 9.17) is 4.74 Å². The first-order chi connectivity index (χ1) is 8.61. The highest BCUT2D eigenvalue weighted by molar-refractivity contribution is 5.81. The van der Waals surface area contributed by atoms with Crippen LogP contribution in [-0.4, -0.2) is 30.9 Å². The largest absolute Gasteiger partial charge is 0.494 e. The Labute approximate surface area is 104 Å². The molecule has 96 valence electrons. The second-order valence-corrected chi connectivity index (χ2v) is 4.14. The van der Waals surface area contributed by atoms with Gasteiger partial charge in [0.2, 0.25) is 0 Å². The van der Waals surface area contributed by atoms with Crippen LogP contribution < -0.4 is 9.64 Å². The maximum absolute atomic E-state index is 11.2. The number of non-ortho nitro benzene ring substituents is 1. The zero-order valence-electron chi connectivity index (χ0n) is 10.1. The molecule has 0 N–H and O–H groups in total. The van der Waals surface area contributed by atoms with E-state index >= 15 is 0 Å². The van der Waals surface area contributed by atoms with E-state index in [9.17, 15) is 14.9 Å². The van der Waals surface area contributed by atoms with Crippen LogP contribution in [0.25, 0.3) is 0 Å². The van der Waals surface area contributed by atoms with Crippen molar-refractivity contribution in [1.29, 1.82) is 0 Å². The van der Waals surface area contributed by atoms with Crippen LogP contribution in [0, 0.1) is 10.1 Å². The molecule has 0 radical (unpaired) electrons. The number of ether oxygens (including phenoxy) is 1. The number of hydrogen-bond donors (Lipinski definition) is 0. The summed E-state index contributed by atoms with van der Waals surface area (Å²) in [5.41, 5.74) is 0.805. The molecule has 0 aromatic heterocycles. The van der Waals surface area contributed by atoms with Gasteiger partial charge in [0.05, 0.1) is 23.8 Å². The van der Waals surface area contributed by atoms with Crippen molar-refractivity contribution in [2.24, 2.45) is 0 Å². The maximum Gasteiger partial charge on any atom is 0.273 e. The normalized spacial score (nSPS) is 15.6. The van der Waals surface area contributed by atoms with Crippen LogP contribution in [0.4, 0.5) is 11.4 Å². The highest BCUT2D eigenvalue weighted by Crippen LogP contribution is 2.33. The van der Waals surface area contributed by atoms with E-state index in [2.05, 4.69) is 0 Å². The van der Waals surface area contributed by atoms with E-state index in [1.165, 1.54) is 19.2 Å². The summed E-state index contributed by atoms with van der Waals surface area (Å²) in [6.45, 7) is 1.26. The number of anilines is 1. The van der Waals surface area contributed by atoms with E-state index in [-0.39, 0.29) is 11.5 Å². The number of Topliss-reactive ketones (excluding diaryl/α,β-unsaturated/α-hetero) is 1. The lowest BCUT2D eigenvalue weighted by atomic mass is 10.1. The number of carbonyl (C=O) groups is 1. The fraction of sp³-hybridized carbons (Fsp3) is 0.417. The van der Waals surface area contributed by atoms with Crippen molar-refractivity contribution in [2.45, 2.75) is 12.8 Å². The highest BCUT2D eigenvalue weighted by Gasteiger charge is 2.20. The monoisotopic (exact) mass is 250 g/mol. The van der Waals surface area contributed by atoms with Gasteiger partial charge in [0, 0.05) is 32.0 Å². The second kappa shape index (κ2) is 5.03. The minimum atomic E-state index is -0.452. The summed E-state index contributed by atoms with van der Waals surface area (Å²) >= 11 is 0. The van der Waals surface area contributed by atoms with Crippen molar-refractivity contribution in [3.05, 3.63) is 28.3 Å². The molecular weight excluding hydrogens is 236 g/mol. The average molecular weight is 250 g/mol. The summed E-state index contributed by atoms with van der Waals surface area (Å²) in [6.07, 6.45) is 1.03. The zero-order valence-corrected chi connectivity index (χ0v) is 10.1. The molecule has 1 fully saturated rings. The Balaban J connectivity index is 2.27. The number of rotatable bonds is 3. The maximum atomic E-state index is 11.2. The number of benzene rings is 1. The molecule has 0 saturated carbocycles. The van der Waals surface area contributed by atoms with Crippen molar-refractivity contribution in [3.8, 4) is 5.75 Å². The number of nitro groups is 1. The first-order valence-electron chi connectivity index (χ1n) is 5.71. The fourth-order valence-corrected chi connectivity index (χ4v) is 2.04. The Hall–Kier alpha value is -2.11. The fourth-order valence-electron chi connectivity index (χ4n) is 2.04. The number of methoxy groups -OCH3 is 1. The SMILES string of the molecule is COc1cc([N+](=O)[O-])ccc1N1CCC(=O)CC1. The van der Waals surface area contributed by atoms with Gasteiger partial charge in [0.15, 0.2) is 0 Å². The van der Waals surface area contributed by atoms with Gasteiger partial charge in [-0.3, -0.25) is 14.9 Å². The van der Waals surface area contributed by atoms with E-state index < -0.39 is 4.92 Å². The first kappa shape index (κ1) is 12.3. The Morgan fingerprint density at radius 3 is 2.56 bits per heavy atom. The predicted octanol–water partition coefficient (Wildman–Crippen LogP) is 1.77. The molecule has 0 atom stereocenters. The molecule has 1 heterocycles. The van der Waals surface area contributed by atoms with Crippen LogP contribution in [0.15, 0.2) is 18.2 Å². The predicted molar refractivity (Wildman–Crippen MR) is 66.1 cm³/mol. The first-order valence-corrected chi connectivity index (χ1v) is 5.71. The molecule has 1 saturated heterocycles. The lowest BCUT2D eigenvalue weighted by Crippen LogP contribution is -2.33. The minimum absolute atomic E-state index is 0.00341. The smallest absolute Gasteiger partial charge is 0.273 e. The van der Waals surface area contributed by atoms with Gasteiger partial charge >= 0.3 is 0 Å². The molecule has 0 spiro atoms. The van der Waals surface area contributed by atoms with Crippen molar-refractivity contribution < 1.29 is 14.5 Å². The van der Waals surface area contributed by atoms with Gasteiger partial charge in [-0.05, 0) is 6.07 Å². The van der Waals surface area contributed by atoms with Crippen molar-refractivity contribution in [2.75, 3.05) is 25.1 Å². The van der Waals surface area contributed by atoms with Gasteiger partial charge in [0.1, 0.15) is 11.5 Å². The third-order valence-electron chi connectivity index (χ3n) is 3.04. The number of carbonyl (C=O) groups excluding carboxylic acids is 1. The number of nitrogens with zero attached hydrogens (tertiary/aromatic N) is 2. The van der Waals surface area contributed by atoms with Gasteiger partial charge < -0.3 is 9.64 Å². The van der Waals surface area contributed by atoms with E-state index in [1.807, 2.05) is 4.90 Å². The van der Waals surface area contributed by atoms with Crippen LogP contribution in [0.2, 0.25) is 0 Å². The number of nitro benzene ring substituents is 1. The molecular formula is C12H14N2O4. The number of piperidine rings is 1. The summed E-state index contributed by atoms with van der Waals surface area (Å²) in [5, 5.41) is 10.7. The summed E-state index contributed by atoms with van der Waals surface area (Å²) in [7, 11) is 1.48. The molecule has 6 nitrogen and oxygen atoms in total. The second-order valence-electron chi connectivity index (χ2n) is 4.14. The lowest BCUT2D eigenvalue weighted by molar-refractivity contribution is -0.384. The zero-order chi connectivity index (χ0) is 13.1. The number of ketones is 1. The molecule has 1 aliphatic rings. The van der Waals surface area contributed by atoms with Gasteiger partial charge in [0.25, 0.3) is 5.69 Å². The lowest BCUT2D eigenvalue weighted by Gasteiger charge is -2.29. The van der Waals surface area contributed by atoms with Gasteiger partial charge in [-0.2, -0.15) is 0 Å².